The maximum atomic E-state index is 12.2. The van der Waals surface area contributed by atoms with Crippen molar-refractivity contribution in [1.82, 2.24) is 9.88 Å². The van der Waals surface area contributed by atoms with Gasteiger partial charge in [0.15, 0.2) is 4.47 Å². The predicted molar refractivity (Wildman–Crippen MR) is 89.4 cm³/mol. The van der Waals surface area contributed by atoms with Crippen LogP contribution in [0, 0.1) is 5.41 Å². The topological polar surface area (TPSA) is 59.5 Å². The fourth-order valence-corrected chi connectivity index (χ4v) is 4.57. The number of thiazole rings is 1. The molecule has 0 aromatic carbocycles. The van der Waals surface area contributed by atoms with E-state index in [0.29, 0.717) is 29.6 Å². The third-order valence-corrected chi connectivity index (χ3v) is 5.63. The Kier molecular flexibility index (Phi) is 4.03. The molecule has 1 aromatic heterocycles. The van der Waals surface area contributed by atoms with Gasteiger partial charge in [0.25, 0.3) is 0 Å². The molecule has 1 amide bonds. The first-order chi connectivity index (χ1) is 10.7. The highest BCUT2D eigenvalue weighted by atomic mass is 35.5. The normalized spacial score (nSPS) is 19.7. The van der Waals surface area contributed by atoms with Crippen molar-refractivity contribution in [2.75, 3.05) is 13.1 Å². The largest absolute Gasteiger partial charge is 0.444 e. The smallest absolute Gasteiger partial charge is 0.410 e. The second-order valence-corrected chi connectivity index (χ2v) is 8.73. The molecule has 5 nitrogen and oxygen atoms in total. The van der Waals surface area contributed by atoms with E-state index in [1.54, 1.807) is 4.90 Å². The van der Waals surface area contributed by atoms with Crippen molar-refractivity contribution in [2.45, 2.75) is 45.6 Å². The van der Waals surface area contributed by atoms with Gasteiger partial charge in [-0.1, -0.05) is 11.6 Å². The fraction of sp³-hybridized carbons (Fsp3) is 0.625. The molecule has 2 aliphatic rings. The predicted octanol–water partition coefficient (Wildman–Crippen LogP) is 3.58. The first-order valence-electron chi connectivity index (χ1n) is 7.63. The molecule has 124 valence electrons. The van der Waals surface area contributed by atoms with Crippen LogP contribution in [0.5, 0.6) is 0 Å². The number of carbonyl (C=O) groups is 1. The Balaban J connectivity index is 1.73. The fourth-order valence-electron chi connectivity index (χ4n) is 3.31. The van der Waals surface area contributed by atoms with E-state index < -0.39 is 5.60 Å². The summed E-state index contributed by atoms with van der Waals surface area (Å²) >= 11 is 7.29. The number of ether oxygens (including phenoxy) is 1. The van der Waals surface area contributed by atoms with E-state index in [4.69, 9.17) is 16.3 Å². The highest BCUT2D eigenvalue weighted by Gasteiger charge is 2.47. The molecule has 1 spiro atoms. The molecule has 7 heteroatoms. The molecule has 0 saturated carbocycles. The van der Waals surface area contributed by atoms with E-state index in [1.807, 2.05) is 20.8 Å². The maximum Gasteiger partial charge on any atom is 0.410 e. The molecule has 0 unspecified atom stereocenters. The lowest BCUT2D eigenvalue weighted by Gasteiger charge is -2.39. The summed E-state index contributed by atoms with van der Waals surface area (Å²) in [6.45, 7) is 6.71. The molecular formula is C16H19ClN2O3S. The number of aromatic nitrogens is 1. The number of likely N-dealkylation sites (tertiary alicyclic amines) is 1. The Hall–Kier alpha value is -1.36. The molecule has 1 saturated heterocycles. The van der Waals surface area contributed by atoms with Crippen LogP contribution in [0.1, 0.15) is 44.2 Å². The van der Waals surface area contributed by atoms with Crippen molar-refractivity contribution < 1.29 is 14.3 Å². The van der Waals surface area contributed by atoms with E-state index >= 15 is 0 Å². The summed E-state index contributed by atoms with van der Waals surface area (Å²) in [5.41, 5.74) is 0.821. The lowest BCUT2D eigenvalue weighted by Crippen LogP contribution is -2.45. The summed E-state index contributed by atoms with van der Waals surface area (Å²) in [6.07, 6.45) is 1.85. The quantitative estimate of drug-likeness (QED) is 0.668. The average Bonchev–Trinajstić information content (AvgIpc) is 2.90. The zero-order valence-electron chi connectivity index (χ0n) is 13.4. The number of halogens is 1. The van der Waals surface area contributed by atoms with Gasteiger partial charge in [0.05, 0.1) is 16.1 Å². The highest BCUT2D eigenvalue weighted by Crippen LogP contribution is 2.53. The highest BCUT2D eigenvalue weighted by molar-refractivity contribution is 7.17. The molecule has 2 heterocycles. The average molecular weight is 355 g/mol. The van der Waals surface area contributed by atoms with Crippen molar-refractivity contribution in [1.29, 1.82) is 0 Å². The van der Waals surface area contributed by atoms with E-state index in [2.05, 4.69) is 10.9 Å². The van der Waals surface area contributed by atoms with E-state index in [9.17, 15) is 9.59 Å². The van der Waals surface area contributed by atoms with Crippen molar-refractivity contribution in [2.24, 2.45) is 5.41 Å². The Bertz CT molecular complexity index is 693. The number of nitrogens with zero attached hydrogens (tertiary/aromatic N) is 2. The number of fused-ring (bicyclic) bond motifs is 1. The standard InChI is InChI=1S/C16H19ClN2O3S/c1-15(2,3)22-14(21)19-6-4-16(5-7-19)8-11-12(10(16)9-20)23-13(17)18-11/h4-8H2,1-3H3. The third kappa shape index (κ3) is 3.03. The molecule has 0 atom stereocenters. The van der Waals surface area contributed by atoms with Gasteiger partial charge in [-0.2, -0.15) is 0 Å². The summed E-state index contributed by atoms with van der Waals surface area (Å²) in [5.74, 6) is 2.12. The van der Waals surface area contributed by atoms with E-state index in [0.717, 1.165) is 23.4 Å². The second kappa shape index (κ2) is 5.62. The van der Waals surface area contributed by atoms with Gasteiger partial charge >= 0.3 is 6.09 Å². The first-order valence-corrected chi connectivity index (χ1v) is 8.83. The molecule has 0 N–H and O–H groups in total. The van der Waals surface area contributed by atoms with Crippen molar-refractivity contribution in [3.8, 4) is 0 Å². The molecular weight excluding hydrogens is 336 g/mol. The van der Waals surface area contributed by atoms with Crippen LogP contribution in [-0.2, 0) is 16.0 Å². The molecule has 23 heavy (non-hydrogen) atoms. The van der Waals surface area contributed by atoms with Gasteiger partial charge in [-0.3, -0.25) is 0 Å². The Morgan fingerprint density at radius 3 is 2.61 bits per heavy atom. The molecule has 1 fully saturated rings. The first kappa shape index (κ1) is 16.5. The van der Waals surface area contributed by atoms with Gasteiger partial charge < -0.3 is 9.64 Å². The SMILES string of the molecule is CC(C)(C)OC(=O)N1CCC2(CC1)Cc1nc(Cl)sc1C2=C=O. The minimum Gasteiger partial charge on any atom is -0.444 e. The summed E-state index contributed by atoms with van der Waals surface area (Å²) < 4.78 is 5.88. The van der Waals surface area contributed by atoms with Gasteiger partial charge in [0, 0.05) is 24.9 Å². The van der Waals surface area contributed by atoms with Gasteiger partial charge in [-0.15, -0.1) is 11.3 Å². The number of allylic oxidation sites excluding steroid dienone is 1. The van der Waals surface area contributed by atoms with Crippen LogP contribution in [0.4, 0.5) is 4.79 Å². The summed E-state index contributed by atoms with van der Waals surface area (Å²) in [6, 6.07) is 0. The molecule has 3 rings (SSSR count). The molecule has 1 aromatic rings. The molecule has 0 radical (unpaired) electrons. The summed E-state index contributed by atoms with van der Waals surface area (Å²) in [5, 5.41) is 0. The number of carbonyl (C=O) groups excluding carboxylic acids is 2. The maximum absolute atomic E-state index is 12.2. The van der Waals surface area contributed by atoms with Crippen molar-refractivity contribution in [3.63, 3.8) is 0 Å². The number of piperidine rings is 1. The van der Waals surface area contributed by atoms with Crippen LogP contribution in [-0.4, -0.2) is 40.6 Å². The molecule has 1 aliphatic carbocycles. The lowest BCUT2D eigenvalue weighted by molar-refractivity contribution is 0.0154. The van der Waals surface area contributed by atoms with Gasteiger partial charge in [-0.25, -0.2) is 14.6 Å². The van der Waals surface area contributed by atoms with Crippen molar-refractivity contribution >= 4 is 40.5 Å². The Labute approximate surface area is 144 Å². The van der Waals surface area contributed by atoms with E-state index in [-0.39, 0.29) is 11.5 Å². The summed E-state index contributed by atoms with van der Waals surface area (Å²) in [7, 11) is 0. The van der Waals surface area contributed by atoms with Gasteiger partial charge in [0.1, 0.15) is 11.5 Å². The monoisotopic (exact) mass is 354 g/mol. The van der Waals surface area contributed by atoms with Crippen LogP contribution in [0.15, 0.2) is 0 Å². The van der Waals surface area contributed by atoms with Crippen LogP contribution in [0.2, 0.25) is 4.47 Å². The molecule has 0 bridgehead atoms. The van der Waals surface area contributed by atoms with Gasteiger partial charge in [-0.05, 0) is 33.6 Å². The van der Waals surface area contributed by atoms with Crippen molar-refractivity contribution in [3.05, 3.63) is 15.0 Å². The summed E-state index contributed by atoms with van der Waals surface area (Å²) in [4.78, 5) is 30.6. The number of amides is 1. The number of hydrogen-bond acceptors (Lipinski definition) is 5. The third-order valence-electron chi connectivity index (χ3n) is 4.41. The van der Waals surface area contributed by atoms with Crippen LogP contribution < -0.4 is 0 Å². The van der Waals surface area contributed by atoms with Crippen LogP contribution >= 0.6 is 22.9 Å². The zero-order chi connectivity index (χ0) is 16.8. The van der Waals surface area contributed by atoms with Gasteiger partial charge in [0.2, 0.25) is 0 Å². The minimum absolute atomic E-state index is 0.251. The Morgan fingerprint density at radius 2 is 2.04 bits per heavy atom. The lowest BCUT2D eigenvalue weighted by atomic mass is 9.74. The number of hydrogen-bond donors (Lipinski definition) is 0. The second-order valence-electron chi connectivity index (χ2n) is 7.14. The zero-order valence-corrected chi connectivity index (χ0v) is 15.0. The Morgan fingerprint density at radius 1 is 1.39 bits per heavy atom. The van der Waals surface area contributed by atoms with E-state index in [1.165, 1.54) is 11.3 Å². The number of rotatable bonds is 0. The minimum atomic E-state index is -0.502. The van der Waals surface area contributed by atoms with Crippen LogP contribution in [0.3, 0.4) is 0 Å². The molecule has 1 aliphatic heterocycles. The van der Waals surface area contributed by atoms with Crippen LogP contribution in [0.25, 0.3) is 5.57 Å².